The quantitative estimate of drug-likeness (QED) is 0.847. The van der Waals surface area contributed by atoms with E-state index in [1.54, 1.807) is 0 Å². The summed E-state index contributed by atoms with van der Waals surface area (Å²) in [5.74, 6) is 0. The molecule has 0 saturated heterocycles. The van der Waals surface area contributed by atoms with Crippen molar-refractivity contribution in [1.82, 2.24) is 5.32 Å². The summed E-state index contributed by atoms with van der Waals surface area (Å²) in [5.41, 5.74) is 5.46. The molecule has 19 heavy (non-hydrogen) atoms. The standard InChI is InChI=1S/C17H16N2/c18-10-5-11-19-17-15-8-3-1-6-13(15)12-14-7-2-4-9-16(14)17/h1-4,6-9,17,19H,5,11-12H2. The molecule has 3 rings (SSSR count). The molecule has 1 aliphatic rings. The summed E-state index contributed by atoms with van der Waals surface area (Å²) in [6.45, 7) is 0.726. The molecule has 94 valence electrons. The smallest absolute Gasteiger partial charge is 0.0635 e. The molecule has 2 aromatic carbocycles. The molecule has 0 amide bonds. The van der Waals surface area contributed by atoms with E-state index in [4.69, 9.17) is 5.26 Å². The van der Waals surface area contributed by atoms with Gasteiger partial charge in [-0.2, -0.15) is 5.26 Å². The highest BCUT2D eigenvalue weighted by Crippen LogP contribution is 2.34. The van der Waals surface area contributed by atoms with Crippen LogP contribution in [0.3, 0.4) is 0 Å². The van der Waals surface area contributed by atoms with Gasteiger partial charge >= 0.3 is 0 Å². The summed E-state index contributed by atoms with van der Waals surface area (Å²) in [6, 6.07) is 19.6. The first-order valence-corrected chi connectivity index (χ1v) is 6.66. The van der Waals surface area contributed by atoms with Gasteiger partial charge in [0.05, 0.1) is 12.1 Å². The van der Waals surface area contributed by atoms with Crippen LogP contribution in [0.5, 0.6) is 0 Å². The van der Waals surface area contributed by atoms with Gasteiger partial charge in [-0.25, -0.2) is 0 Å². The van der Waals surface area contributed by atoms with Crippen LogP contribution < -0.4 is 5.32 Å². The van der Waals surface area contributed by atoms with E-state index in [2.05, 4.69) is 59.9 Å². The van der Waals surface area contributed by atoms with Gasteiger partial charge in [0.15, 0.2) is 0 Å². The Labute approximate surface area is 113 Å². The van der Waals surface area contributed by atoms with Crippen molar-refractivity contribution in [2.75, 3.05) is 6.54 Å². The Hall–Kier alpha value is -2.11. The molecule has 2 heteroatoms. The van der Waals surface area contributed by atoms with Crippen LogP contribution in [0.1, 0.15) is 34.7 Å². The summed E-state index contributed by atoms with van der Waals surface area (Å²) in [5, 5.41) is 12.2. The average molecular weight is 248 g/mol. The van der Waals surface area contributed by atoms with Gasteiger partial charge in [0, 0.05) is 13.0 Å². The van der Waals surface area contributed by atoms with Gasteiger partial charge in [-0.3, -0.25) is 0 Å². The lowest BCUT2D eigenvalue weighted by molar-refractivity contribution is 0.596. The van der Waals surface area contributed by atoms with Gasteiger partial charge in [-0.05, 0) is 28.7 Å². The molecular formula is C17H16N2. The second kappa shape index (κ2) is 5.26. The van der Waals surface area contributed by atoms with Gasteiger partial charge < -0.3 is 5.32 Å². The molecule has 0 unspecified atom stereocenters. The van der Waals surface area contributed by atoms with Crippen LogP contribution in [0.4, 0.5) is 0 Å². The number of nitrogens with zero attached hydrogens (tertiary/aromatic N) is 1. The Morgan fingerprint density at radius 2 is 1.58 bits per heavy atom. The Morgan fingerprint density at radius 3 is 2.16 bits per heavy atom. The van der Waals surface area contributed by atoms with Crippen molar-refractivity contribution >= 4 is 0 Å². The zero-order valence-corrected chi connectivity index (χ0v) is 10.8. The van der Waals surface area contributed by atoms with Gasteiger partial charge in [0.1, 0.15) is 0 Å². The van der Waals surface area contributed by atoms with E-state index in [1.807, 2.05) is 0 Å². The fourth-order valence-corrected chi connectivity index (χ4v) is 2.82. The molecule has 0 aromatic heterocycles. The summed E-state index contributed by atoms with van der Waals surface area (Å²) < 4.78 is 0. The third kappa shape index (κ3) is 2.25. The van der Waals surface area contributed by atoms with E-state index >= 15 is 0 Å². The van der Waals surface area contributed by atoms with Crippen molar-refractivity contribution in [3.05, 3.63) is 70.8 Å². The van der Waals surface area contributed by atoms with Crippen LogP contribution >= 0.6 is 0 Å². The van der Waals surface area contributed by atoms with E-state index in [9.17, 15) is 0 Å². The van der Waals surface area contributed by atoms with Crippen molar-refractivity contribution in [1.29, 1.82) is 5.26 Å². The van der Waals surface area contributed by atoms with Gasteiger partial charge in [0.2, 0.25) is 0 Å². The second-order valence-corrected chi connectivity index (χ2v) is 4.87. The lowest BCUT2D eigenvalue weighted by atomic mass is 9.82. The fourth-order valence-electron chi connectivity index (χ4n) is 2.82. The summed E-state index contributed by atoms with van der Waals surface area (Å²) >= 11 is 0. The predicted octanol–water partition coefficient (Wildman–Crippen LogP) is 3.18. The second-order valence-electron chi connectivity index (χ2n) is 4.87. The lowest BCUT2D eigenvalue weighted by Crippen LogP contribution is -2.27. The zero-order chi connectivity index (χ0) is 13.1. The summed E-state index contributed by atoms with van der Waals surface area (Å²) in [6.07, 6.45) is 1.55. The molecule has 0 radical (unpaired) electrons. The van der Waals surface area contributed by atoms with Crippen molar-refractivity contribution in [2.24, 2.45) is 0 Å². The Kier molecular flexibility index (Phi) is 3.31. The molecule has 0 atom stereocenters. The average Bonchev–Trinajstić information content (AvgIpc) is 2.46. The van der Waals surface area contributed by atoms with Crippen LogP contribution in [0, 0.1) is 11.3 Å². The molecule has 0 bridgehead atoms. The maximum atomic E-state index is 8.70. The van der Waals surface area contributed by atoms with Crippen molar-refractivity contribution in [3.63, 3.8) is 0 Å². The minimum atomic E-state index is 0.217. The van der Waals surface area contributed by atoms with Crippen LogP contribution in [0.25, 0.3) is 0 Å². The van der Waals surface area contributed by atoms with E-state index in [0.29, 0.717) is 6.42 Å². The molecule has 1 aliphatic carbocycles. The number of fused-ring (bicyclic) bond motifs is 2. The Morgan fingerprint density at radius 1 is 1.00 bits per heavy atom. The minimum absolute atomic E-state index is 0.217. The molecule has 1 N–H and O–H groups in total. The molecule has 2 nitrogen and oxygen atoms in total. The molecule has 2 aromatic rings. The largest absolute Gasteiger partial charge is 0.305 e. The maximum absolute atomic E-state index is 8.70. The topological polar surface area (TPSA) is 35.8 Å². The normalized spacial score (nSPS) is 13.4. The van der Waals surface area contributed by atoms with Crippen LogP contribution in [-0.4, -0.2) is 6.54 Å². The first-order valence-electron chi connectivity index (χ1n) is 6.66. The lowest BCUT2D eigenvalue weighted by Gasteiger charge is -2.29. The number of hydrogen-bond acceptors (Lipinski definition) is 2. The van der Waals surface area contributed by atoms with E-state index in [0.717, 1.165) is 13.0 Å². The molecule has 0 saturated carbocycles. The maximum Gasteiger partial charge on any atom is 0.0635 e. The first-order chi connectivity index (χ1) is 9.40. The molecule has 0 fully saturated rings. The number of nitrogens with one attached hydrogen (secondary N) is 1. The predicted molar refractivity (Wildman–Crippen MR) is 75.8 cm³/mol. The number of hydrogen-bond donors (Lipinski definition) is 1. The van der Waals surface area contributed by atoms with E-state index in [1.165, 1.54) is 22.3 Å². The highest BCUT2D eigenvalue weighted by atomic mass is 14.9. The third-order valence-electron chi connectivity index (χ3n) is 3.70. The van der Waals surface area contributed by atoms with Crippen LogP contribution in [-0.2, 0) is 6.42 Å². The van der Waals surface area contributed by atoms with Crippen molar-refractivity contribution in [3.8, 4) is 6.07 Å². The van der Waals surface area contributed by atoms with Crippen LogP contribution in [0.2, 0.25) is 0 Å². The van der Waals surface area contributed by atoms with E-state index < -0.39 is 0 Å². The summed E-state index contributed by atoms with van der Waals surface area (Å²) in [4.78, 5) is 0. The van der Waals surface area contributed by atoms with Crippen LogP contribution in [0.15, 0.2) is 48.5 Å². The first kappa shape index (κ1) is 12.0. The highest BCUT2D eigenvalue weighted by Gasteiger charge is 2.23. The molecular weight excluding hydrogens is 232 g/mol. The van der Waals surface area contributed by atoms with Gasteiger partial charge in [-0.15, -0.1) is 0 Å². The third-order valence-corrected chi connectivity index (χ3v) is 3.70. The summed E-state index contributed by atoms with van der Waals surface area (Å²) in [7, 11) is 0. The molecule has 0 heterocycles. The van der Waals surface area contributed by atoms with Gasteiger partial charge in [-0.1, -0.05) is 48.5 Å². The van der Waals surface area contributed by atoms with E-state index in [-0.39, 0.29) is 6.04 Å². The molecule has 0 spiro atoms. The number of rotatable bonds is 3. The number of nitriles is 1. The SMILES string of the molecule is N#CCCNC1c2ccccc2Cc2ccccc21. The fraction of sp³-hybridized carbons (Fsp3) is 0.235. The molecule has 0 aliphatic heterocycles. The zero-order valence-electron chi connectivity index (χ0n) is 10.8. The highest BCUT2D eigenvalue weighted by molar-refractivity contribution is 5.48. The minimum Gasteiger partial charge on any atom is -0.305 e. The Balaban J connectivity index is 1.99. The monoisotopic (exact) mass is 248 g/mol. The van der Waals surface area contributed by atoms with Crippen molar-refractivity contribution < 1.29 is 0 Å². The number of benzene rings is 2. The Bertz CT molecular complexity index is 580. The van der Waals surface area contributed by atoms with Crippen molar-refractivity contribution in [2.45, 2.75) is 18.9 Å². The van der Waals surface area contributed by atoms with Gasteiger partial charge in [0.25, 0.3) is 0 Å².